The molecule has 0 amide bonds. The lowest BCUT2D eigenvalue weighted by Crippen LogP contribution is -2.11. The zero-order valence-corrected chi connectivity index (χ0v) is 9.23. The van der Waals surface area contributed by atoms with Crippen LogP contribution in [-0.4, -0.2) is 14.8 Å². The fourth-order valence-electron chi connectivity index (χ4n) is 1.40. The van der Waals surface area contributed by atoms with Gasteiger partial charge in [-0.1, -0.05) is 0 Å². The summed E-state index contributed by atoms with van der Waals surface area (Å²) >= 11 is 0. The number of aryl methyl sites for hydroxylation is 1. The lowest BCUT2D eigenvalue weighted by atomic mass is 10.2. The Balaban J connectivity index is 2.61. The predicted molar refractivity (Wildman–Crippen MR) is 55.8 cm³/mol. The first-order valence-corrected chi connectivity index (χ1v) is 4.92. The van der Waals surface area contributed by atoms with Crippen LogP contribution in [-0.2, 0) is 6.18 Å². The highest BCUT2D eigenvalue weighted by Gasteiger charge is 2.33. The van der Waals surface area contributed by atoms with Crippen LogP contribution in [0.3, 0.4) is 0 Å². The van der Waals surface area contributed by atoms with Gasteiger partial charge in [-0.25, -0.2) is 9.67 Å². The summed E-state index contributed by atoms with van der Waals surface area (Å²) in [6.07, 6.45) is -1.57. The van der Waals surface area contributed by atoms with Crippen LogP contribution in [0, 0.1) is 18.3 Å². The largest absolute Gasteiger partial charge is 0.433 e. The molecule has 0 unspecified atom stereocenters. The van der Waals surface area contributed by atoms with Crippen LogP contribution in [0.5, 0.6) is 0 Å². The minimum Gasteiger partial charge on any atom is -0.223 e. The van der Waals surface area contributed by atoms with E-state index in [1.165, 1.54) is 12.4 Å². The van der Waals surface area contributed by atoms with E-state index in [-0.39, 0.29) is 11.4 Å². The Labute approximate surface area is 100 Å². The van der Waals surface area contributed by atoms with Crippen molar-refractivity contribution in [2.45, 2.75) is 13.1 Å². The van der Waals surface area contributed by atoms with Gasteiger partial charge in [0.25, 0.3) is 0 Å². The maximum absolute atomic E-state index is 12.5. The van der Waals surface area contributed by atoms with Crippen LogP contribution in [0.15, 0.2) is 24.5 Å². The first-order valence-electron chi connectivity index (χ1n) is 4.92. The van der Waals surface area contributed by atoms with Gasteiger partial charge < -0.3 is 0 Å². The molecule has 0 bridgehead atoms. The van der Waals surface area contributed by atoms with Gasteiger partial charge in [0.2, 0.25) is 0 Å². The molecule has 0 atom stereocenters. The Morgan fingerprint density at radius 3 is 2.56 bits per heavy atom. The summed E-state index contributed by atoms with van der Waals surface area (Å²) in [6, 6.07) is 3.65. The standard InChI is InChI=1S/C11H7F3N4/c1-7-5-16-18(6-7)10-8(4-15)2-3-9(17-10)11(12,13)14/h2-3,5-6H,1H3. The van der Waals surface area contributed by atoms with Crippen LogP contribution in [0.1, 0.15) is 16.8 Å². The highest BCUT2D eigenvalue weighted by molar-refractivity contribution is 5.44. The van der Waals surface area contributed by atoms with E-state index in [9.17, 15) is 13.2 Å². The number of hydrogen-bond acceptors (Lipinski definition) is 3. The molecule has 0 fully saturated rings. The maximum Gasteiger partial charge on any atom is 0.433 e. The van der Waals surface area contributed by atoms with E-state index in [0.29, 0.717) is 0 Å². The van der Waals surface area contributed by atoms with Crippen LogP contribution in [0.2, 0.25) is 0 Å². The van der Waals surface area contributed by atoms with E-state index in [2.05, 4.69) is 10.1 Å². The van der Waals surface area contributed by atoms with Gasteiger partial charge in [0.05, 0.1) is 11.8 Å². The smallest absolute Gasteiger partial charge is 0.223 e. The summed E-state index contributed by atoms with van der Waals surface area (Å²) in [5.74, 6) is -0.125. The van der Waals surface area contributed by atoms with Gasteiger partial charge in [-0.15, -0.1) is 0 Å². The Morgan fingerprint density at radius 2 is 2.06 bits per heavy atom. The Hall–Kier alpha value is -2.36. The summed E-state index contributed by atoms with van der Waals surface area (Å²) in [4.78, 5) is 3.45. The van der Waals surface area contributed by atoms with E-state index in [1.807, 2.05) is 0 Å². The van der Waals surface area contributed by atoms with Crippen molar-refractivity contribution in [3.05, 3.63) is 41.3 Å². The zero-order chi connectivity index (χ0) is 13.3. The first kappa shape index (κ1) is 12.1. The number of alkyl halides is 3. The third kappa shape index (κ3) is 2.18. The van der Waals surface area contributed by atoms with E-state index >= 15 is 0 Å². The molecule has 2 aromatic rings. The normalized spacial score (nSPS) is 11.3. The molecule has 7 heteroatoms. The third-order valence-corrected chi connectivity index (χ3v) is 2.21. The number of aromatic nitrogens is 3. The molecule has 2 aromatic heterocycles. The van der Waals surface area contributed by atoms with Crippen molar-refractivity contribution in [2.75, 3.05) is 0 Å². The summed E-state index contributed by atoms with van der Waals surface area (Å²) in [5.41, 5.74) is -0.256. The molecule has 92 valence electrons. The second-order valence-electron chi connectivity index (χ2n) is 3.64. The molecule has 2 heterocycles. The molecule has 18 heavy (non-hydrogen) atoms. The average molecular weight is 252 g/mol. The third-order valence-electron chi connectivity index (χ3n) is 2.21. The van der Waals surface area contributed by atoms with Crippen LogP contribution in [0.4, 0.5) is 13.2 Å². The van der Waals surface area contributed by atoms with Crippen LogP contribution in [0.25, 0.3) is 5.82 Å². The number of pyridine rings is 1. The highest BCUT2D eigenvalue weighted by Crippen LogP contribution is 2.28. The highest BCUT2D eigenvalue weighted by atomic mass is 19.4. The monoisotopic (exact) mass is 252 g/mol. The fourth-order valence-corrected chi connectivity index (χ4v) is 1.40. The molecule has 0 aliphatic heterocycles. The van der Waals surface area contributed by atoms with Crippen molar-refractivity contribution in [3.8, 4) is 11.9 Å². The molecule has 0 radical (unpaired) electrons. The van der Waals surface area contributed by atoms with Crippen molar-refractivity contribution >= 4 is 0 Å². The summed E-state index contributed by atoms with van der Waals surface area (Å²) in [7, 11) is 0. The number of nitriles is 1. The molecule has 0 spiro atoms. The van der Waals surface area contributed by atoms with E-state index in [4.69, 9.17) is 5.26 Å². The number of nitrogens with zero attached hydrogens (tertiary/aromatic N) is 4. The second-order valence-corrected chi connectivity index (χ2v) is 3.64. The Bertz CT molecular complexity index is 622. The average Bonchev–Trinajstić information content (AvgIpc) is 2.73. The zero-order valence-electron chi connectivity index (χ0n) is 9.23. The molecule has 4 nitrogen and oxygen atoms in total. The molecule has 0 N–H and O–H groups in total. The molecular weight excluding hydrogens is 245 g/mol. The quantitative estimate of drug-likeness (QED) is 0.783. The number of rotatable bonds is 1. The summed E-state index contributed by atoms with van der Waals surface area (Å²) < 4.78 is 38.8. The molecule has 2 rings (SSSR count). The van der Waals surface area contributed by atoms with Gasteiger partial charge in [0.15, 0.2) is 5.82 Å². The lowest BCUT2D eigenvalue weighted by Gasteiger charge is -2.08. The van der Waals surface area contributed by atoms with Crippen molar-refractivity contribution in [1.82, 2.24) is 14.8 Å². The lowest BCUT2D eigenvalue weighted by molar-refractivity contribution is -0.141. The van der Waals surface area contributed by atoms with Crippen LogP contribution < -0.4 is 0 Å². The SMILES string of the molecule is Cc1cnn(-c2nc(C(F)(F)F)ccc2C#N)c1. The molecule has 0 aliphatic carbocycles. The van der Waals surface area contributed by atoms with Gasteiger partial charge in [0.1, 0.15) is 11.8 Å². The van der Waals surface area contributed by atoms with Gasteiger partial charge in [-0.2, -0.15) is 23.5 Å². The second kappa shape index (κ2) is 4.14. The predicted octanol–water partition coefficient (Wildman–Crippen LogP) is 2.47. The first-order chi connectivity index (χ1) is 8.41. The van der Waals surface area contributed by atoms with Crippen molar-refractivity contribution in [2.24, 2.45) is 0 Å². The maximum atomic E-state index is 12.5. The topological polar surface area (TPSA) is 54.5 Å². The Morgan fingerprint density at radius 1 is 1.33 bits per heavy atom. The van der Waals surface area contributed by atoms with E-state index in [1.54, 1.807) is 13.0 Å². The fraction of sp³-hybridized carbons (Fsp3) is 0.182. The number of halogens is 3. The van der Waals surface area contributed by atoms with E-state index in [0.717, 1.165) is 22.4 Å². The van der Waals surface area contributed by atoms with Crippen LogP contribution >= 0.6 is 0 Å². The van der Waals surface area contributed by atoms with Gasteiger partial charge in [-0.3, -0.25) is 0 Å². The van der Waals surface area contributed by atoms with Gasteiger partial charge >= 0.3 is 6.18 Å². The summed E-state index contributed by atoms with van der Waals surface area (Å²) in [5, 5.41) is 12.7. The van der Waals surface area contributed by atoms with Crippen molar-refractivity contribution in [3.63, 3.8) is 0 Å². The molecule has 0 saturated carbocycles. The number of hydrogen-bond donors (Lipinski definition) is 0. The minimum absolute atomic E-state index is 0.0334. The van der Waals surface area contributed by atoms with E-state index < -0.39 is 11.9 Å². The molecule has 0 saturated heterocycles. The Kier molecular flexibility index (Phi) is 2.79. The minimum atomic E-state index is -4.55. The van der Waals surface area contributed by atoms with Gasteiger partial charge in [-0.05, 0) is 24.6 Å². The summed E-state index contributed by atoms with van der Waals surface area (Å²) in [6.45, 7) is 1.74. The van der Waals surface area contributed by atoms with Gasteiger partial charge in [0, 0.05) is 6.20 Å². The van der Waals surface area contributed by atoms with Crippen molar-refractivity contribution in [1.29, 1.82) is 5.26 Å². The van der Waals surface area contributed by atoms with Crippen molar-refractivity contribution < 1.29 is 13.2 Å². The molecule has 0 aliphatic rings. The molecule has 0 aromatic carbocycles. The molecular formula is C11H7F3N4.